The Bertz CT molecular complexity index is 793. The Hall–Kier alpha value is -1.48. The third kappa shape index (κ3) is 3.93. The molecule has 1 aromatic carbocycles. The smallest absolute Gasteiger partial charge is 0.335 e. The average Bonchev–Trinajstić information content (AvgIpc) is 2.57. The molecule has 1 aromatic rings. The molecule has 0 radical (unpaired) electrons. The number of hydrogen-bond acceptors (Lipinski definition) is 5. The minimum Gasteiger partial charge on any atom is -0.478 e. The van der Waals surface area contributed by atoms with Crippen LogP contribution in [0.4, 0.5) is 0 Å². The highest BCUT2D eigenvalue weighted by molar-refractivity contribution is 7.89. The summed E-state index contributed by atoms with van der Waals surface area (Å²) in [4.78, 5) is 11.3. The summed E-state index contributed by atoms with van der Waals surface area (Å²) < 4.78 is 40.0. The molecule has 0 aromatic heterocycles. The lowest BCUT2D eigenvalue weighted by molar-refractivity contribution is -0.138. The fourth-order valence-corrected chi connectivity index (χ4v) is 5.35. The molecule has 2 aliphatic heterocycles. The van der Waals surface area contributed by atoms with Crippen molar-refractivity contribution in [3.05, 3.63) is 28.8 Å². The molecule has 2 fully saturated rings. The molecule has 1 spiro atoms. The first-order valence-electron chi connectivity index (χ1n) is 8.81. The summed E-state index contributed by atoms with van der Waals surface area (Å²) >= 11 is 0. The van der Waals surface area contributed by atoms with Crippen LogP contribution in [0, 0.1) is 13.8 Å². The fraction of sp³-hybridized carbons (Fsp3) is 0.611. The topological polar surface area (TPSA) is 102 Å². The largest absolute Gasteiger partial charge is 0.478 e. The van der Waals surface area contributed by atoms with Crippen molar-refractivity contribution in [2.75, 3.05) is 19.8 Å². The van der Waals surface area contributed by atoms with E-state index in [4.69, 9.17) is 9.47 Å². The average molecular weight is 383 g/mol. The van der Waals surface area contributed by atoms with Crippen LogP contribution in [0.2, 0.25) is 0 Å². The maximum Gasteiger partial charge on any atom is 0.335 e. The molecule has 0 saturated carbocycles. The first-order valence-corrected chi connectivity index (χ1v) is 10.3. The molecule has 26 heavy (non-hydrogen) atoms. The minimum atomic E-state index is -3.82. The van der Waals surface area contributed by atoms with E-state index in [1.165, 1.54) is 12.1 Å². The van der Waals surface area contributed by atoms with Crippen molar-refractivity contribution >= 4 is 16.0 Å². The molecular weight excluding hydrogens is 358 g/mol. The number of sulfonamides is 1. The predicted octanol–water partition coefficient (Wildman–Crippen LogP) is 2.01. The van der Waals surface area contributed by atoms with E-state index < -0.39 is 16.0 Å². The molecule has 8 heteroatoms. The van der Waals surface area contributed by atoms with Gasteiger partial charge in [-0.15, -0.1) is 0 Å². The molecule has 7 nitrogen and oxygen atoms in total. The summed E-state index contributed by atoms with van der Waals surface area (Å²) in [6.45, 7) is 5.16. The highest BCUT2D eigenvalue weighted by Crippen LogP contribution is 2.35. The number of benzene rings is 1. The van der Waals surface area contributed by atoms with Gasteiger partial charge in [-0.1, -0.05) is 0 Å². The minimum absolute atomic E-state index is 0.0265. The standard InChI is InChI=1S/C18H25NO6S/c1-12-9-14(17(20)21)10-16(13(12)2)26(22,23)19-15-3-6-25-18(11-15)4-7-24-8-5-18/h9-10,15,19H,3-8,11H2,1-2H3,(H,20,21). The Balaban J connectivity index is 1.84. The summed E-state index contributed by atoms with van der Waals surface area (Å²) in [5, 5.41) is 9.23. The second-order valence-electron chi connectivity index (χ2n) is 7.18. The van der Waals surface area contributed by atoms with Crippen molar-refractivity contribution in [2.24, 2.45) is 0 Å². The Morgan fingerprint density at radius 1 is 1.23 bits per heavy atom. The summed E-state index contributed by atoms with van der Waals surface area (Å²) in [5.74, 6) is -1.14. The number of carbonyl (C=O) groups is 1. The number of ether oxygens (including phenoxy) is 2. The van der Waals surface area contributed by atoms with Crippen molar-refractivity contribution in [1.29, 1.82) is 0 Å². The van der Waals surface area contributed by atoms with Crippen LogP contribution < -0.4 is 4.72 Å². The predicted molar refractivity (Wildman–Crippen MR) is 95.0 cm³/mol. The number of hydrogen-bond donors (Lipinski definition) is 2. The van der Waals surface area contributed by atoms with E-state index in [-0.39, 0.29) is 22.1 Å². The van der Waals surface area contributed by atoms with Crippen LogP contribution in [0.1, 0.15) is 47.2 Å². The first kappa shape index (κ1) is 19.3. The van der Waals surface area contributed by atoms with Gasteiger partial charge in [-0.3, -0.25) is 0 Å². The summed E-state index contributed by atoms with van der Waals surface area (Å²) in [6.07, 6.45) is 2.72. The molecular formula is C18H25NO6S. The maximum absolute atomic E-state index is 12.9. The first-order chi connectivity index (χ1) is 12.2. The summed E-state index contributed by atoms with van der Waals surface area (Å²) in [7, 11) is -3.82. The van der Waals surface area contributed by atoms with Crippen molar-refractivity contribution in [3.8, 4) is 0 Å². The zero-order valence-electron chi connectivity index (χ0n) is 15.1. The van der Waals surface area contributed by atoms with Crippen LogP contribution in [-0.4, -0.2) is 51.0 Å². The van der Waals surface area contributed by atoms with E-state index in [1.54, 1.807) is 13.8 Å². The van der Waals surface area contributed by atoms with Crippen LogP contribution in [0.25, 0.3) is 0 Å². The molecule has 144 valence electrons. The highest BCUT2D eigenvalue weighted by Gasteiger charge is 2.40. The zero-order valence-corrected chi connectivity index (χ0v) is 15.9. The number of carboxylic acid groups (broad SMARTS) is 1. The van der Waals surface area contributed by atoms with Crippen LogP contribution in [0.3, 0.4) is 0 Å². The van der Waals surface area contributed by atoms with Crippen molar-refractivity contribution in [1.82, 2.24) is 4.72 Å². The van der Waals surface area contributed by atoms with E-state index in [0.29, 0.717) is 43.8 Å². The van der Waals surface area contributed by atoms with Gasteiger partial charge in [0.2, 0.25) is 10.0 Å². The molecule has 2 aliphatic rings. The van der Waals surface area contributed by atoms with Crippen LogP contribution in [0.15, 0.2) is 17.0 Å². The lowest BCUT2D eigenvalue weighted by atomic mass is 9.84. The van der Waals surface area contributed by atoms with Gasteiger partial charge in [-0.05, 0) is 62.8 Å². The second kappa shape index (κ2) is 7.26. The maximum atomic E-state index is 12.9. The van der Waals surface area contributed by atoms with E-state index in [9.17, 15) is 18.3 Å². The number of rotatable bonds is 4. The van der Waals surface area contributed by atoms with Gasteiger partial charge in [0.1, 0.15) is 0 Å². The third-order valence-corrected chi connectivity index (χ3v) is 7.02. The monoisotopic (exact) mass is 383 g/mol. The number of aryl methyl sites for hydroxylation is 1. The number of carboxylic acids is 1. The van der Waals surface area contributed by atoms with Crippen molar-refractivity contribution in [2.45, 2.75) is 56.1 Å². The van der Waals surface area contributed by atoms with Gasteiger partial charge in [0.25, 0.3) is 0 Å². The third-order valence-electron chi connectivity index (χ3n) is 5.37. The van der Waals surface area contributed by atoms with Gasteiger partial charge < -0.3 is 14.6 Å². The quantitative estimate of drug-likeness (QED) is 0.825. The van der Waals surface area contributed by atoms with Gasteiger partial charge in [0, 0.05) is 25.9 Å². The highest BCUT2D eigenvalue weighted by atomic mass is 32.2. The van der Waals surface area contributed by atoms with Crippen LogP contribution in [-0.2, 0) is 19.5 Å². The molecule has 0 bridgehead atoms. The molecule has 0 aliphatic carbocycles. The molecule has 2 heterocycles. The van der Waals surface area contributed by atoms with Crippen LogP contribution in [0.5, 0.6) is 0 Å². The summed E-state index contributed by atoms with van der Waals surface area (Å²) in [5.41, 5.74) is 0.854. The lowest BCUT2D eigenvalue weighted by Gasteiger charge is -2.43. The Morgan fingerprint density at radius 2 is 1.92 bits per heavy atom. The lowest BCUT2D eigenvalue weighted by Crippen LogP contribution is -2.51. The van der Waals surface area contributed by atoms with E-state index >= 15 is 0 Å². The van der Waals surface area contributed by atoms with Gasteiger partial charge >= 0.3 is 5.97 Å². The molecule has 1 unspecified atom stereocenters. The van der Waals surface area contributed by atoms with Crippen molar-refractivity contribution in [3.63, 3.8) is 0 Å². The molecule has 1 atom stereocenters. The molecule has 2 N–H and O–H groups in total. The molecule has 3 rings (SSSR count). The number of aromatic carboxylic acids is 1. The van der Waals surface area contributed by atoms with Gasteiger partial charge in [0.15, 0.2) is 0 Å². The molecule has 2 saturated heterocycles. The Labute approximate surface area is 153 Å². The normalized spacial score (nSPS) is 23.1. The fourth-order valence-electron chi connectivity index (χ4n) is 3.73. The molecule has 0 amide bonds. The Morgan fingerprint density at radius 3 is 2.58 bits per heavy atom. The SMILES string of the molecule is Cc1cc(C(=O)O)cc(S(=O)(=O)NC2CCOC3(CCOCC3)C2)c1C. The van der Waals surface area contributed by atoms with Gasteiger partial charge in [-0.2, -0.15) is 0 Å². The van der Waals surface area contributed by atoms with Crippen LogP contribution >= 0.6 is 0 Å². The second-order valence-corrected chi connectivity index (χ2v) is 8.86. The van der Waals surface area contributed by atoms with Crippen molar-refractivity contribution < 1.29 is 27.8 Å². The zero-order chi connectivity index (χ0) is 18.9. The van der Waals surface area contributed by atoms with Gasteiger partial charge in [0.05, 0.1) is 16.1 Å². The Kier molecular flexibility index (Phi) is 5.39. The number of nitrogens with one attached hydrogen (secondary N) is 1. The van der Waals surface area contributed by atoms with E-state index in [2.05, 4.69) is 4.72 Å². The summed E-state index contributed by atoms with van der Waals surface area (Å²) in [6, 6.07) is 2.48. The van der Waals surface area contributed by atoms with Gasteiger partial charge in [-0.25, -0.2) is 17.9 Å². The van der Waals surface area contributed by atoms with E-state index in [0.717, 1.165) is 12.8 Å². The van der Waals surface area contributed by atoms with E-state index in [1.807, 2.05) is 0 Å².